The summed E-state index contributed by atoms with van der Waals surface area (Å²) in [6.07, 6.45) is 3.77. The van der Waals surface area contributed by atoms with E-state index in [1.807, 2.05) is 43.3 Å². The van der Waals surface area contributed by atoms with Gasteiger partial charge in [0.05, 0.1) is 6.61 Å². The Kier molecular flexibility index (Phi) is 5.33. The molecule has 0 atom stereocenters. The van der Waals surface area contributed by atoms with Crippen LogP contribution in [0.25, 0.3) is 0 Å². The van der Waals surface area contributed by atoms with E-state index in [0.29, 0.717) is 19.8 Å². The number of hydrogen-bond acceptors (Lipinski definition) is 3. The normalized spacial score (nSPS) is 10.5. The first-order valence-electron chi connectivity index (χ1n) is 5.07. The van der Waals surface area contributed by atoms with Crippen LogP contribution in [0.5, 0.6) is 11.5 Å². The molecular formula is C12H17NO2. The summed E-state index contributed by atoms with van der Waals surface area (Å²) in [7, 11) is 0. The van der Waals surface area contributed by atoms with E-state index in [4.69, 9.17) is 15.2 Å². The van der Waals surface area contributed by atoms with Crippen molar-refractivity contribution in [3.05, 3.63) is 36.4 Å². The van der Waals surface area contributed by atoms with Gasteiger partial charge in [-0.3, -0.25) is 0 Å². The largest absolute Gasteiger partial charge is 0.494 e. The van der Waals surface area contributed by atoms with E-state index in [0.717, 1.165) is 11.5 Å². The third-order valence-corrected chi connectivity index (χ3v) is 1.78. The summed E-state index contributed by atoms with van der Waals surface area (Å²) in [6, 6.07) is 7.57. The molecule has 0 fully saturated rings. The monoisotopic (exact) mass is 207 g/mol. The number of benzene rings is 1. The maximum absolute atomic E-state index is 5.44. The van der Waals surface area contributed by atoms with Gasteiger partial charge in [0.1, 0.15) is 18.1 Å². The quantitative estimate of drug-likeness (QED) is 0.725. The number of hydrogen-bond donors (Lipinski definition) is 1. The second kappa shape index (κ2) is 6.90. The van der Waals surface area contributed by atoms with Crippen LogP contribution in [0.2, 0.25) is 0 Å². The van der Waals surface area contributed by atoms with Gasteiger partial charge in [-0.05, 0) is 31.2 Å². The number of ether oxygens (including phenoxy) is 2. The molecule has 0 heterocycles. The van der Waals surface area contributed by atoms with E-state index in [1.54, 1.807) is 0 Å². The highest BCUT2D eigenvalue weighted by molar-refractivity contribution is 5.31. The van der Waals surface area contributed by atoms with Crippen LogP contribution in [0.3, 0.4) is 0 Å². The van der Waals surface area contributed by atoms with Crippen molar-refractivity contribution in [1.29, 1.82) is 0 Å². The molecule has 82 valence electrons. The molecule has 0 saturated carbocycles. The number of nitrogens with two attached hydrogens (primary N) is 1. The predicted molar refractivity (Wildman–Crippen MR) is 61.3 cm³/mol. The van der Waals surface area contributed by atoms with E-state index >= 15 is 0 Å². The van der Waals surface area contributed by atoms with Gasteiger partial charge in [0.15, 0.2) is 0 Å². The molecule has 0 aliphatic rings. The average molecular weight is 207 g/mol. The summed E-state index contributed by atoms with van der Waals surface area (Å²) in [5, 5.41) is 0. The summed E-state index contributed by atoms with van der Waals surface area (Å²) in [5.74, 6) is 1.70. The minimum absolute atomic E-state index is 0.547. The van der Waals surface area contributed by atoms with Crippen LogP contribution in [-0.4, -0.2) is 19.8 Å². The van der Waals surface area contributed by atoms with Gasteiger partial charge >= 0.3 is 0 Å². The van der Waals surface area contributed by atoms with Crippen molar-refractivity contribution in [2.45, 2.75) is 6.92 Å². The van der Waals surface area contributed by atoms with Gasteiger partial charge in [-0.25, -0.2) is 0 Å². The molecule has 3 heteroatoms. The Bertz CT molecular complexity index is 293. The molecular weight excluding hydrogens is 190 g/mol. The third kappa shape index (κ3) is 4.51. The predicted octanol–water partition coefficient (Wildman–Crippen LogP) is 1.98. The van der Waals surface area contributed by atoms with Crippen LogP contribution < -0.4 is 15.2 Å². The molecule has 0 bridgehead atoms. The SMILES string of the molecule is CCOc1ccc(OCC=CCN)cc1. The molecule has 1 aromatic carbocycles. The zero-order valence-corrected chi connectivity index (χ0v) is 8.98. The molecule has 15 heavy (non-hydrogen) atoms. The third-order valence-electron chi connectivity index (χ3n) is 1.78. The molecule has 2 N–H and O–H groups in total. The summed E-state index contributed by atoms with van der Waals surface area (Å²) in [5.41, 5.74) is 5.30. The lowest BCUT2D eigenvalue weighted by Crippen LogP contribution is -1.97. The summed E-state index contributed by atoms with van der Waals surface area (Å²) in [6.45, 7) is 3.74. The van der Waals surface area contributed by atoms with Crippen molar-refractivity contribution in [2.24, 2.45) is 5.73 Å². The van der Waals surface area contributed by atoms with Gasteiger partial charge in [0.2, 0.25) is 0 Å². The molecule has 0 aliphatic heterocycles. The Morgan fingerprint density at radius 3 is 2.20 bits per heavy atom. The molecule has 1 rings (SSSR count). The van der Waals surface area contributed by atoms with Crippen LogP contribution in [0.4, 0.5) is 0 Å². The highest BCUT2D eigenvalue weighted by atomic mass is 16.5. The van der Waals surface area contributed by atoms with Crippen LogP contribution in [-0.2, 0) is 0 Å². The Morgan fingerprint density at radius 1 is 1.07 bits per heavy atom. The van der Waals surface area contributed by atoms with E-state index in [-0.39, 0.29) is 0 Å². The molecule has 1 aromatic rings. The Labute approximate surface area is 90.5 Å². The summed E-state index contributed by atoms with van der Waals surface area (Å²) in [4.78, 5) is 0. The van der Waals surface area contributed by atoms with Crippen molar-refractivity contribution < 1.29 is 9.47 Å². The molecule has 0 radical (unpaired) electrons. The van der Waals surface area contributed by atoms with Crippen molar-refractivity contribution in [3.63, 3.8) is 0 Å². The fourth-order valence-electron chi connectivity index (χ4n) is 1.11. The molecule has 0 spiro atoms. The van der Waals surface area contributed by atoms with Crippen LogP contribution in [0, 0.1) is 0 Å². The van der Waals surface area contributed by atoms with Gasteiger partial charge in [0, 0.05) is 6.54 Å². The fraction of sp³-hybridized carbons (Fsp3) is 0.333. The lowest BCUT2D eigenvalue weighted by atomic mass is 10.3. The van der Waals surface area contributed by atoms with Crippen molar-refractivity contribution in [3.8, 4) is 11.5 Å². The highest BCUT2D eigenvalue weighted by Gasteiger charge is 1.93. The molecule has 0 aliphatic carbocycles. The van der Waals surface area contributed by atoms with Gasteiger partial charge in [-0.2, -0.15) is 0 Å². The summed E-state index contributed by atoms with van der Waals surface area (Å²) >= 11 is 0. The topological polar surface area (TPSA) is 44.5 Å². The van der Waals surface area contributed by atoms with Gasteiger partial charge in [0.25, 0.3) is 0 Å². The number of rotatable bonds is 6. The van der Waals surface area contributed by atoms with Crippen molar-refractivity contribution >= 4 is 0 Å². The van der Waals surface area contributed by atoms with E-state index < -0.39 is 0 Å². The van der Waals surface area contributed by atoms with Gasteiger partial charge in [-0.15, -0.1) is 0 Å². The van der Waals surface area contributed by atoms with Crippen LogP contribution in [0.1, 0.15) is 6.92 Å². The van der Waals surface area contributed by atoms with Crippen LogP contribution in [0.15, 0.2) is 36.4 Å². The fourth-order valence-corrected chi connectivity index (χ4v) is 1.11. The smallest absolute Gasteiger partial charge is 0.120 e. The minimum Gasteiger partial charge on any atom is -0.494 e. The molecule has 0 amide bonds. The second-order valence-corrected chi connectivity index (χ2v) is 2.92. The first-order valence-corrected chi connectivity index (χ1v) is 5.07. The minimum atomic E-state index is 0.547. The van der Waals surface area contributed by atoms with E-state index in [1.165, 1.54) is 0 Å². The maximum Gasteiger partial charge on any atom is 0.120 e. The van der Waals surface area contributed by atoms with Gasteiger partial charge in [-0.1, -0.05) is 12.2 Å². The summed E-state index contributed by atoms with van der Waals surface area (Å²) < 4.78 is 10.8. The molecule has 0 aromatic heterocycles. The Morgan fingerprint density at radius 2 is 1.67 bits per heavy atom. The lowest BCUT2D eigenvalue weighted by Gasteiger charge is -2.05. The molecule has 0 unspecified atom stereocenters. The van der Waals surface area contributed by atoms with Gasteiger partial charge < -0.3 is 15.2 Å². The maximum atomic E-state index is 5.44. The molecule has 0 saturated heterocycles. The van der Waals surface area contributed by atoms with E-state index in [2.05, 4.69) is 0 Å². The van der Waals surface area contributed by atoms with Crippen LogP contribution >= 0.6 is 0 Å². The zero-order chi connectivity index (χ0) is 10.9. The first kappa shape index (κ1) is 11.6. The standard InChI is InChI=1S/C12H17NO2/c1-2-14-11-5-7-12(8-6-11)15-10-4-3-9-13/h3-8H,2,9-10,13H2,1H3. The molecule has 3 nitrogen and oxygen atoms in total. The zero-order valence-electron chi connectivity index (χ0n) is 8.98. The Balaban J connectivity index is 2.39. The highest BCUT2D eigenvalue weighted by Crippen LogP contribution is 2.17. The Hall–Kier alpha value is -1.48. The van der Waals surface area contributed by atoms with E-state index in [9.17, 15) is 0 Å². The van der Waals surface area contributed by atoms with Crippen molar-refractivity contribution in [1.82, 2.24) is 0 Å². The van der Waals surface area contributed by atoms with Crippen molar-refractivity contribution in [2.75, 3.05) is 19.8 Å². The second-order valence-electron chi connectivity index (χ2n) is 2.92. The first-order chi connectivity index (χ1) is 7.36. The average Bonchev–Trinajstić information content (AvgIpc) is 2.27. The lowest BCUT2D eigenvalue weighted by molar-refractivity contribution is 0.336.